The van der Waals surface area contributed by atoms with E-state index in [1.165, 1.54) is 121 Å². The van der Waals surface area contributed by atoms with Crippen LogP contribution in [0.1, 0.15) is 86.1 Å². The minimum atomic E-state index is 1.01. The summed E-state index contributed by atoms with van der Waals surface area (Å²) in [5.74, 6) is 0. The molecule has 6 aromatic rings. The van der Waals surface area contributed by atoms with Crippen LogP contribution >= 0.6 is 57.1 Å². The van der Waals surface area contributed by atoms with Gasteiger partial charge < -0.3 is 0 Å². The number of hydrogen-bond acceptors (Lipinski definition) is 7. The third kappa shape index (κ3) is 7.29. The van der Waals surface area contributed by atoms with Crippen molar-refractivity contribution in [3.63, 3.8) is 0 Å². The monoisotopic (exact) mass is 658 g/mol. The average Bonchev–Trinajstić information content (AvgIpc) is 3.86. The summed E-state index contributed by atoms with van der Waals surface area (Å²) in [7, 11) is 0. The Kier molecular flexibility index (Phi) is 10.7. The molecule has 0 saturated heterocycles. The Morgan fingerprint density at radius 3 is 2.00 bits per heavy atom. The molecule has 0 fully saturated rings. The fourth-order valence-corrected chi connectivity index (χ4v) is 9.95. The van der Waals surface area contributed by atoms with Gasteiger partial charge in [-0.3, -0.25) is 0 Å². The summed E-state index contributed by atoms with van der Waals surface area (Å²) in [6.45, 7) is 4.57. The molecule has 0 N–H and O–H groups in total. The van der Waals surface area contributed by atoms with Crippen LogP contribution in [-0.2, 0) is 12.8 Å². The maximum absolute atomic E-state index is 4.73. The molecule has 7 heteroatoms. The fourth-order valence-electron chi connectivity index (χ4n) is 5.55. The Bertz CT molecular complexity index is 1760. The first-order valence-electron chi connectivity index (χ1n) is 15.5. The highest BCUT2D eigenvalue weighted by Gasteiger charge is 2.17. The van der Waals surface area contributed by atoms with Crippen LogP contribution in [0.4, 0.5) is 0 Å². The molecule has 0 unspecified atom stereocenters. The zero-order valence-corrected chi connectivity index (χ0v) is 29.0. The van der Waals surface area contributed by atoms with E-state index in [9.17, 15) is 0 Å². The summed E-state index contributed by atoms with van der Waals surface area (Å²) >= 11 is 8.76. The second-order valence-electron chi connectivity index (χ2n) is 11.0. The Labute approximate surface area is 276 Å². The Morgan fingerprint density at radius 1 is 0.581 bits per heavy atom. The molecule has 6 rings (SSSR count). The summed E-state index contributed by atoms with van der Waals surface area (Å²) in [6.07, 6.45) is 17.5. The van der Waals surface area contributed by atoms with Gasteiger partial charge in [0.1, 0.15) is 11.0 Å². The van der Waals surface area contributed by atoms with E-state index in [4.69, 9.17) is 8.75 Å². The lowest BCUT2D eigenvalue weighted by atomic mass is 10.1. The number of thiophene rings is 4. The van der Waals surface area contributed by atoms with Crippen LogP contribution in [0.25, 0.3) is 53.8 Å². The van der Waals surface area contributed by atoms with E-state index < -0.39 is 0 Å². The number of aryl methyl sites for hydroxylation is 2. The number of aromatic nitrogens is 2. The van der Waals surface area contributed by atoms with Crippen LogP contribution in [0.3, 0.4) is 0 Å². The van der Waals surface area contributed by atoms with Crippen molar-refractivity contribution in [2.45, 2.75) is 78.1 Å². The minimum Gasteiger partial charge on any atom is -0.172 e. The molecule has 0 atom stereocenters. The second kappa shape index (κ2) is 15.0. The number of rotatable bonds is 15. The van der Waals surface area contributed by atoms with Crippen LogP contribution in [0.2, 0.25) is 0 Å². The van der Waals surface area contributed by atoms with Gasteiger partial charge in [0.2, 0.25) is 0 Å². The van der Waals surface area contributed by atoms with E-state index >= 15 is 0 Å². The molecule has 2 nitrogen and oxygen atoms in total. The number of fused-ring (bicyclic) bond motifs is 1. The third-order valence-corrected chi connectivity index (χ3v) is 12.7. The summed E-state index contributed by atoms with van der Waals surface area (Å²) in [4.78, 5) is 8.04. The lowest BCUT2D eigenvalue weighted by Gasteiger charge is -2.03. The first kappa shape index (κ1) is 30.6. The molecule has 222 valence electrons. The van der Waals surface area contributed by atoms with Crippen molar-refractivity contribution in [2.24, 2.45) is 0 Å². The van der Waals surface area contributed by atoms with Gasteiger partial charge in [-0.25, -0.2) is 0 Å². The average molecular weight is 659 g/mol. The van der Waals surface area contributed by atoms with Crippen molar-refractivity contribution >= 4 is 80.3 Å². The fraction of sp³-hybridized carbons (Fsp3) is 0.333. The quantitative estimate of drug-likeness (QED) is 0.103. The molecule has 0 aliphatic heterocycles. The molecular weight excluding hydrogens is 621 g/mol. The molecular formula is C36H38N2S5. The van der Waals surface area contributed by atoms with E-state index in [1.54, 1.807) is 11.3 Å². The SMILES string of the molecule is CCCCCCc1ccsc1/C=C/c1sc(-c2ccc(-c3ccc(-c4cccs4)c4nsnc34)s2)cc1CCCCCC. The minimum absolute atomic E-state index is 1.01. The second-order valence-corrected chi connectivity index (χ2v) is 15.6. The molecule has 0 radical (unpaired) electrons. The standard InChI is InChI=1S/C36H38N2S5/c1-3-5-7-9-12-25-21-23-40-29(25)17-18-30-26(13-10-8-6-4-2)24-34(41-30)33-20-19-32(42-33)28-16-15-27(31-14-11-22-39-31)35-36(28)38-43-37-35/h11,14-24H,3-10,12-13H2,1-2H3/b18-17+. The number of nitrogens with zero attached hydrogens (tertiary/aromatic N) is 2. The van der Waals surface area contributed by atoms with Gasteiger partial charge in [0, 0.05) is 40.4 Å². The maximum atomic E-state index is 4.73. The highest BCUT2D eigenvalue weighted by Crippen LogP contribution is 2.43. The first-order valence-corrected chi connectivity index (χ1v) is 19.6. The van der Waals surface area contributed by atoms with E-state index in [2.05, 4.69) is 85.3 Å². The molecule has 0 spiro atoms. The molecule has 5 heterocycles. The molecule has 0 amide bonds. The summed E-state index contributed by atoms with van der Waals surface area (Å²) in [6, 6.07) is 18.1. The van der Waals surface area contributed by atoms with Crippen LogP contribution in [0.15, 0.2) is 59.3 Å². The van der Waals surface area contributed by atoms with Gasteiger partial charge in [0.25, 0.3) is 0 Å². The van der Waals surface area contributed by atoms with E-state index in [-0.39, 0.29) is 0 Å². The van der Waals surface area contributed by atoms with Gasteiger partial charge in [-0.1, -0.05) is 70.6 Å². The van der Waals surface area contributed by atoms with Crippen LogP contribution < -0.4 is 0 Å². The summed E-state index contributed by atoms with van der Waals surface area (Å²) < 4.78 is 9.43. The van der Waals surface area contributed by atoms with E-state index in [0.29, 0.717) is 0 Å². The topological polar surface area (TPSA) is 25.8 Å². The van der Waals surface area contributed by atoms with Crippen molar-refractivity contribution in [1.29, 1.82) is 0 Å². The molecule has 1 aromatic carbocycles. The van der Waals surface area contributed by atoms with E-state index in [0.717, 1.165) is 17.5 Å². The van der Waals surface area contributed by atoms with Gasteiger partial charge in [0.15, 0.2) is 0 Å². The largest absolute Gasteiger partial charge is 0.172 e. The Hall–Kier alpha value is -2.42. The zero-order chi connectivity index (χ0) is 29.4. The van der Waals surface area contributed by atoms with Crippen molar-refractivity contribution in [1.82, 2.24) is 8.75 Å². The van der Waals surface area contributed by atoms with Crippen LogP contribution in [0, 0.1) is 0 Å². The normalized spacial score (nSPS) is 11.9. The van der Waals surface area contributed by atoms with Gasteiger partial charge in [-0.15, -0.1) is 45.3 Å². The predicted molar refractivity (Wildman–Crippen MR) is 196 cm³/mol. The van der Waals surface area contributed by atoms with Gasteiger partial charge in [-0.2, -0.15) is 8.75 Å². The zero-order valence-electron chi connectivity index (χ0n) is 24.9. The van der Waals surface area contributed by atoms with Gasteiger partial charge in [-0.05, 0) is 90.1 Å². The Balaban J connectivity index is 1.26. The summed E-state index contributed by atoms with van der Waals surface area (Å²) in [5.41, 5.74) is 7.38. The van der Waals surface area contributed by atoms with Crippen LogP contribution in [-0.4, -0.2) is 8.75 Å². The third-order valence-electron chi connectivity index (χ3n) is 7.92. The molecule has 0 bridgehead atoms. The number of benzene rings is 1. The van der Waals surface area contributed by atoms with Crippen molar-refractivity contribution in [3.05, 3.63) is 80.2 Å². The molecule has 0 aliphatic carbocycles. The van der Waals surface area contributed by atoms with Gasteiger partial charge >= 0.3 is 0 Å². The lowest BCUT2D eigenvalue weighted by Crippen LogP contribution is -1.86. The number of hydrogen-bond donors (Lipinski definition) is 0. The maximum Gasteiger partial charge on any atom is 0.114 e. The van der Waals surface area contributed by atoms with Gasteiger partial charge in [0.05, 0.1) is 11.7 Å². The van der Waals surface area contributed by atoms with Crippen molar-refractivity contribution < 1.29 is 0 Å². The molecule has 43 heavy (non-hydrogen) atoms. The van der Waals surface area contributed by atoms with Crippen molar-refractivity contribution in [2.75, 3.05) is 0 Å². The van der Waals surface area contributed by atoms with Crippen molar-refractivity contribution in [3.8, 4) is 30.6 Å². The highest BCUT2D eigenvalue weighted by molar-refractivity contribution is 7.24. The lowest BCUT2D eigenvalue weighted by molar-refractivity contribution is 0.667. The molecule has 0 saturated carbocycles. The first-order chi connectivity index (χ1) is 21.2. The summed E-state index contributed by atoms with van der Waals surface area (Å²) in [5, 5.41) is 4.38. The van der Waals surface area contributed by atoms with E-state index in [1.807, 2.05) is 34.0 Å². The molecule has 5 aromatic heterocycles. The molecule has 0 aliphatic rings. The Morgan fingerprint density at radius 2 is 1.28 bits per heavy atom. The smallest absolute Gasteiger partial charge is 0.114 e. The van der Waals surface area contributed by atoms with Crippen LogP contribution in [0.5, 0.6) is 0 Å². The highest BCUT2D eigenvalue weighted by atomic mass is 32.1. The predicted octanol–water partition coefficient (Wildman–Crippen LogP) is 13.4. The number of unbranched alkanes of at least 4 members (excludes halogenated alkanes) is 6.